The lowest BCUT2D eigenvalue weighted by Gasteiger charge is -2.16. The van der Waals surface area contributed by atoms with Gasteiger partial charge in [0.2, 0.25) is 0 Å². The summed E-state index contributed by atoms with van der Waals surface area (Å²) in [7, 11) is 1.64. The molecule has 1 heterocycles. The first-order chi connectivity index (χ1) is 8.67. The number of hydrogen-bond donors (Lipinski definition) is 1. The van der Waals surface area contributed by atoms with E-state index < -0.39 is 0 Å². The molecular formula is C13H16BrN3O. The fourth-order valence-electron chi connectivity index (χ4n) is 1.95. The van der Waals surface area contributed by atoms with Gasteiger partial charge < -0.3 is 15.0 Å². The summed E-state index contributed by atoms with van der Waals surface area (Å²) in [5.41, 5.74) is 7.22. The molecule has 0 aliphatic carbocycles. The van der Waals surface area contributed by atoms with Crippen LogP contribution in [0.3, 0.4) is 0 Å². The monoisotopic (exact) mass is 309 g/mol. The molecule has 0 aliphatic heterocycles. The molecule has 5 heteroatoms. The predicted octanol–water partition coefficient (Wildman–Crippen LogP) is 2.72. The normalized spacial score (nSPS) is 12.4. The van der Waals surface area contributed by atoms with Crippen molar-refractivity contribution in [3.05, 3.63) is 46.5 Å². The number of imidazole rings is 1. The van der Waals surface area contributed by atoms with Crippen LogP contribution in [0.5, 0.6) is 5.75 Å². The fourth-order valence-corrected chi connectivity index (χ4v) is 2.29. The Hall–Kier alpha value is -1.33. The second-order valence-corrected chi connectivity index (χ2v) is 4.85. The SMILES string of the molecule is CCn1ccnc1C(N)c1ccc(Br)cc1OC. The first kappa shape index (κ1) is 13.1. The molecular weight excluding hydrogens is 294 g/mol. The third kappa shape index (κ3) is 2.42. The van der Waals surface area contributed by atoms with Crippen LogP contribution in [0.2, 0.25) is 0 Å². The summed E-state index contributed by atoms with van der Waals surface area (Å²) in [5, 5.41) is 0. The van der Waals surface area contributed by atoms with Gasteiger partial charge in [0.15, 0.2) is 0 Å². The summed E-state index contributed by atoms with van der Waals surface area (Å²) in [4.78, 5) is 4.33. The standard InChI is InChI=1S/C13H16BrN3O/c1-3-17-7-6-16-13(17)12(15)10-5-4-9(14)8-11(10)18-2/h4-8,12H,3,15H2,1-2H3. The van der Waals surface area contributed by atoms with E-state index >= 15 is 0 Å². The topological polar surface area (TPSA) is 53.1 Å². The van der Waals surface area contributed by atoms with Crippen LogP contribution in [0.15, 0.2) is 35.1 Å². The highest BCUT2D eigenvalue weighted by molar-refractivity contribution is 9.10. The zero-order valence-corrected chi connectivity index (χ0v) is 12.0. The highest BCUT2D eigenvalue weighted by Crippen LogP contribution is 2.30. The molecule has 1 unspecified atom stereocenters. The molecule has 0 radical (unpaired) electrons. The first-order valence-corrected chi connectivity index (χ1v) is 6.56. The Bertz CT molecular complexity index is 539. The summed E-state index contributed by atoms with van der Waals surface area (Å²) in [6, 6.07) is 5.54. The second kappa shape index (κ2) is 5.54. The van der Waals surface area contributed by atoms with Gasteiger partial charge in [-0.15, -0.1) is 0 Å². The summed E-state index contributed by atoms with van der Waals surface area (Å²) in [6.07, 6.45) is 3.70. The molecule has 1 atom stereocenters. The Balaban J connectivity index is 2.42. The van der Waals surface area contributed by atoms with Crippen molar-refractivity contribution in [2.24, 2.45) is 5.73 Å². The van der Waals surface area contributed by atoms with Gasteiger partial charge in [0, 0.05) is 29.0 Å². The maximum Gasteiger partial charge on any atom is 0.130 e. The number of aryl methyl sites for hydroxylation is 1. The third-order valence-electron chi connectivity index (χ3n) is 2.90. The van der Waals surface area contributed by atoms with Crippen LogP contribution in [0.1, 0.15) is 24.4 Å². The Labute approximate surface area is 115 Å². The van der Waals surface area contributed by atoms with Gasteiger partial charge in [-0.2, -0.15) is 0 Å². The highest BCUT2D eigenvalue weighted by atomic mass is 79.9. The average Bonchev–Trinajstić information content (AvgIpc) is 2.86. The maximum absolute atomic E-state index is 6.28. The molecule has 18 heavy (non-hydrogen) atoms. The molecule has 0 amide bonds. The summed E-state index contributed by atoms with van der Waals surface area (Å²) >= 11 is 3.42. The van der Waals surface area contributed by atoms with Crippen molar-refractivity contribution >= 4 is 15.9 Å². The molecule has 2 aromatic rings. The molecule has 0 spiro atoms. The van der Waals surface area contributed by atoms with E-state index in [-0.39, 0.29) is 6.04 Å². The van der Waals surface area contributed by atoms with E-state index in [1.54, 1.807) is 13.3 Å². The van der Waals surface area contributed by atoms with Crippen molar-refractivity contribution in [2.75, 3.05) is 7.11 Å². The van der Waals surface area contributed by atoms with Crippen LogP contribution in [0.4, 0.5) is 0 Å². The number of aromatic nitrogens is 2. The van der Waals surface area contributed by atoms with Gasteiger partial charge in [0.1, 0.15) is 11.6 Å². The number of nitrogens with two attached hydrogens (primary N) is 1. The largest absolute Gasteiger partial charge is 0.496 e. The lowest BCUT2D eigenvalue weighted by Crippen LogP contribution is -2.18. The summed E-state index contributed by atoms with van der Waals surface area (Å²) in [6.45, 7) is 2.92. The van der Waals surface area contributed by atoms with Gasteiger partial charge >= 0.3 is 0 Å². The number of methoxy groups -OCH3 is 1. The molecule has 2 N–H and O–H groups in total. The molecule has 4 nitrogen and oxygen atoms in total. The van der Waals surface area contributed by atoms with E-state index in [0.29, 0.717) is 0 Å². The lowest BCUT2D eigenvalue weighted by molar-refractivity contribution is 0.406. The number of halogens is 1. The molecule has 0 saturated carbocycles. The van der Waals surface area contributed by atoms with Gasteiger partial charge in [0.05, 0.1) is 13.2 Å². The minimum atomic E-state index is -0.289. The van der Waals surface area contributed by atoms with Crippen LogP contribution in [-0.4, -0.2) is 16.7 Å². The Morgan fingerprint density at radius 1 is 1.50 bits per heavy atom. The number of hydrogen-bond acceptors (Lipinski definition) is 3. The lowest BCUT2D eigenvalue weighted by atomic mass is 10.1. The predicted molar refractivity (Wildman–Crippen MR) is 74.6 cm³/mol. The number of benzene rings is 1. The minimum Gasteiger partial charge on any atom is -0.496 e. The zero-order valence-electron chi connectivity index (χ0n) is 10.4. The highest BCUT2D eigenvalue weighted by Gasteiger charge is 2.18. The van der Waals surface area contributed by atoms with Crippen molar-refractivity contribution in [3.8, 4) is 5.75 Å². The quantitative estimate of drug-likeness (QED) is 0.944. The zero-order chi connectivity index (χ0) is 13.1. The molecule has 2 rings (SSSR count). The van der Waals surface area contributed by atoms with Gasteiger partial charge in [-0.25, -0.2) is 4.98 Å². The van der Waals surface area contributed by atoms with Crippen molar-refractivity contribution < 1.29 is 4.74 Å². The smallest absolute Gasteiger partial charge is 0.130 e. The fraction of sp³-hybridized carbons (Fsp3) is 0.308. The minimum absolute atomic E-state index is 0.289. The third-order valence-corrected chi connectivity index (χ3v) is 3.39. The summed E-state index contributed by atoms with van der Waals surface area (Å²) < 4.78 is 8.37. The van der Waals surface area contributed by atoms with Gasteiger partial charge in [-0.3, -0.25) is 0 Å². The van der Waals surface area contributed by atoms with E-state index in [9.17, 15) is 0 Å². The second-order valence-electron chi connectivity index (χ2n) is 3.94. The van der Waals surface area contributed by atoms with Crippen LogP contribution in [0, 0.1) is 0 Å². The maximum atomic E-state index is 6.28. The molecule has 0 saturated heterocycles. The number of nitrogens with zero attached hydrogens (tertiary/aromatic N) is 2. The average molecular weight is 310 g/mol. The summed E-state index contributed by atoms with van der Waals surface area (Å²) in [5.74, 6) is 1.61. The van der Waals surface area contributed by atoms with Crippen LogP contribution in [0.25, 0.3) is 0 Å². The molecule has 1 aromatic heterocycles. The van der Waals surface area contributed by atoms with Crippen LogP contribution < -0.4 is 10.5 Å². The van der Waals surface area contributed by atoms with E-state index in [1.807, 2.05) is 29.0 Å². The van der Waals surface area contributed by atoms with E-state index in [1.165, 1.54) is 0 Å². The molecule has 96 valence electrons. The van der Waals surface area contributed by atoms with Crippen molar-refractivity contribution in [1.82, 2.24) is 9.55 Å². The molecule has 0 fully saturated rings. The van der Waals surface area contributed by atoms with Gasteiger partial charge in [-0.05, 0) is 19.1 Å². The van der Waals surface area contributed by atoms with E-state index in [2.05, 4.69) is 27.8 Å². The molecule has 1 aromatic carbocycles. The van der Waals surface area contributed by atoms with Gasteiger partial charge in [-0.1, -0.05) is 22.0 Å². The Morgan fingerprint density at radius 2 is 2.28 bits per heavy atom. The van der Waals surface area contributed by atoms with Gasteiger partial charge in [0.25, 0.3) is 0 Å². The number of rotatable bonds is 4. The van der Waals surface area contributed by atoms with Crippen molar-refractivity contribution in [2.45, 2.75) is 19.5 Å². The Morgan fingerprint density at radius 3 is 2.94 bits per heavy atom. The Kier molecular flexibility index (Phi) is 4.04. The molecule has 0 bridgehead atoms. The van der Waals surface area contributed by atoms with E-state index in [4.69, 9.17) is 10.5 Å². The van der Waals surface area contributed by atoms with Crippen LogP contribution >= 0.6 is 15.9 Å². The first-order valence-electron chi connectivity index (χ1n) is 5.77. The van der Waals surface area contributed by atoms with E-state index in [0.717, 1.165) is 28.2 Å². The van der Waals surface area contributed by atoms with Crippen molar-refractivity contribution in [1.29, 1.82) is 0 Å². The number of ether oxygens (including phenoxy) is 1. The van der Waals surface area contributed by atoms with Crippen LogP contribution in [-0.2, 0) is 6.54 Å². The molecule has 0 aliphatic rings. The van der Waals surface area contributed by atoms with Crippen molar-refractivity contribution in [3.63, 3.8) is 0 Å².